The van der Waals surface area contributed by atoms with Crippen molar-refractivity contribution in [2.75, 3.05) is 14.2 Å². The van der Waals surface area contributed by atoms with Gasteiger partial charge in [-0.1, -0.05) is 13.8 Å². The summed E-state index contributed by atoms with van der Waals surface area (Å²) < 4.78 is 10.2. The minimum Gasteiger partial charge on any atom is -0.469 e. The number of aromatic nitrogens is 4. The van der Waals surface area contributed by atoms with Crippen molar-refractivity contribution >= 4 is 45.2 Å². The topological polar surface area (TPSA) is 130 Å². The lowest BCUT2D eigenvalue weighted by Crippen LogP contribution is -2.10. The Kier molecular flexibility index (Phi) is 8.29. The highest BCUT2D eigenvalue weighted by molar-refractivity contribution is 6.25. The molecule has 9 heteroatoms. The summed E-state index contributed by atoms with van der Waals surface area (Å²) in [6, 6.07) is 6.06. The lowest BCUT2D eigenvalue weighted by atomic mass is 9.85. The standard InChI is InChI=1S/C34H40N4O5/c1-9-21-16(2)25-13-29-23(15-39)18(4)24(36-29)12-26-17(3)22(10-11-30(40)42-7)32(37-26)20(6)33-31(34(41)43-8)19(5)27(38-33)14-28(21)35-25/h12-14,17,22,35-36,39H,9-11,15H2,1-8H3/t17-,22-/m0/s1. The van der Waals surface area contributed by atoms with Crippen molar-refractivity contribution in [2.45, 2.75) is 79.2 Å². The Morgan fingerprint density at radius 3 is 2.16 bits per heavy atom. The second-order valence-electron chi connectivity index (χ2n) is 11.5. The van der Waals surface area contributed by atoms with Crippen molar-refractivity contribution in [3.63, 3.8) is 0 Å². The van der Waals surface area contributed by atoms with E-state index in [4.69, 9.17) is 19.4 Å². The minimum absolute atomic E-state index is 0.0263. The second-order valence-corrected chi connectivity index (χ2v) is 11.5. The van der Waals surface area contributed by atoms with Crippen molar-refractivity contribution < 1.29 is 24.2 Å². The number of hydrogen-bond donors (Lipinski definition) is 3. The molecule has 2 aliphatic heterocycles. The number of esters is 2. The summed E-state index contributed by atoms with van der Waals surface area (Å²) in [5, 5.41) is 10.4. The van der Waals surface area contributed by atoms with E-state index in [0.29, 0.717) is 23.4 Å². The summed E-state index contributed by atoms with van der Waals surface area (Å²) in [7, 11) is 2.77. The Bertz CT molecular complexity index is 1830. The van der Waals surface area contributed by atoms with Crippen LogP contribution in [0.25, 0.3) is 33.2 Å². The molecule has 0 saturated heterocycles. The monoisotopic (exact) mass is 584 g/mol. The molecule has 5 heterocycles. The first-order valence-electron chi connectivity index (χ1n) is 14.7. The molecule has 5 rings (SSSR count). The van der Waals surface area contributed by atoms with Crippen LogP contribution in [0.4, 0.5) is 0 Å². The lowest BCUT2D eigenvalue weighted by Gasteiger charge is -2.17. The quantitative estimate of drug-likeness (QED) is 0.293. The van der Waals surface area contributed by atoms with Crippen LogP contribution in [0.5, 0.6) is 0 Å². The molecule has 0 aliphatic carbocycles. The number of carbonyl (C=O) groups excluding carboxylic acids is 2. The van der Waals surface area contributed by atoms with E-state index in [0.717, 1.165) is 73.3 Å². The third-order valence-corrected chi connectivity index (χ3v) is 9.19. The number of nitrogens with one attached hydrogen (secondary N) is 2. The first-order chi connectivity index (χ1) is 20.5. The predicted molar refractivity (Wildman–Crippen MR) is 167 cm³/mol. The molecule has 3 aromatic rings. The van der Waals surface area contributed by atoms with Crippen LogP contribution in [0.1, 0.15) is 96.0 Å². The van der Waals surface area contributed by atoms with Gasteiger partial charge in [0.15, 0.2) is 0 Å². The van der Waals surface area contributed by atoms with Crippen LogP contribution in [0.15, 0.2) is 18.2 Å². The van der Waals surface area contributed by atoms with E-state index in [2.05, 4.69) is 30.7 Å². The molecule has 43 heavy (non-hydrogen) atoms. The van der Waals surface area contributed by atoms with Gasteiger partial charge in [-0.15, -0.1) is 0 Å². The van der Waals surface area contributed by atoms with Crippen molar-refractivity contribution in [1.29, 1.82) is 0 Å². The van der Waals surface area contributed by atoms with Gasteiger partial charge in [0.1, 0.15) is 0 Å². The maximum Gasteiger partial charge on any atom is 0.340 e. The number of rotatable bonds is 6. The first kappa shape index (κ1) is 30.2. The number of aryl methyl sites for hydroxylation is 3. The Hall–Kier alpha value is -4.24. The third-order valence-electron chi connectivity index (χ3n) is 9.19. The van der Waals surface area contributed by atoms with Crippen LogP contribution < -0.4 is 0 Å². The van der Waals surface area contributed by atoms with Crippen LogP contribution in [-0.2, 0) is 32.1 Å². The molecule has 0 saturated carbocycles. The highest BCUT2D eigenvalue weighted by Crippen LogP contribution is 2.43. The van der Waals surface area contributed by atoms with Gasteiger partial charge in [-0.3, -0.25) is 9.78 Å². The molecule has 0 spiro atoms. The van der Waals surface area contributed by atoms with Gasteiger partial charge in [0.2, 0.25) is 0 Å². The molecule has 3 aromatic heterocycles. The van der Waals surface area contributed by atoms with Crippen molar-refractivity contribution in [2.24, 2.45) is 0 Å². The molecule has 2 aliphatic rings. The summed E-state index contributed by atoms with van der Waals surface area (Å²) in [6.07, 6.45) is 1.57. The maximum atomic E-state index is 13.2. The van der Waals surface area contributed by atoms with Crippen molar-refractivity contribution in [3.8, 4) is 0 Å². The number of ether oxygens (including phenoxy) is 2. The van der Waals surface area contributed by atoms with Crippen LogP contribution >= 0.6 is 0 Å². The Balaban J connectivity index is 1.95. The number of aliphatic hydroxyl groups is 1. The molecule has 0 amide bonds. The molecule has 0 fully saturated rings. The molecule has 226 valence electrons. The molecular formula is C34H40N4O5. The van der Waals surface area contributed by atoms with E-state index < -0.39 is 5.97 Å². The lowest BCUT2D eigenvalue weighted by molar-refractivity contribution is -0.140. The van der Waals surface area contributed by atoms with E-state index in [1.807, 2.05) is 39.0 Å². The third kappa shape index (κ3) is 5.16. The Morgan fingerprint density at radius 2 is 1.53 bits per heavy atom. The largest absolute Gasteiger partial charge is 0.469 e. The zero-order valence-electron chi connectivity index (χ0n) is 26.2. The fraction of sp³-hybridized carbons (Fsp3) is 0.412. The number of aromatic amines is 2. The number of allylic oxidation sites excluding steroid dienone is 1. The molecule has 8 bridgehead atoms. The smallest absolute Gasteiger partial charge is 0.340 e. The SMILES string of the molecule is CCc1c(C)c2cc3[nH]c(cc4nc(c(C)c5nc(cc1[nH]2)C(C)=C5C(=O)OC)[C@@H](CCC(=O)OC)[C@@H]4C)c(C)c3CO. The normalized spacial score (nSPS) is 16.5. The van der Waals surface area contributed by atoms with Crippen molar-refractivity contribution in [1.82, 2.24) is 19.9 Å². The molecule has 9 nitrogen and oxygen atoms in total. The highest BCUT2D eigenvalue weighted by Gasteiger charge is 2.34. The van der Waals surface area contributed by atoms with Gasteiger partial charge in [0.25, 0.3) is 0 Å². The Morgan fingerprint density at radius 1 is 0.884 bits per heavy atom. The van der Waals surface area contributed by atoms with E-state index in [9.17, 15) is 14.7 Å². The van der Waals surface area contributed by atoms with Gasteiger partial charge in [-0.25, -0.2) is 9.78 Å². The highest BCUT2D eigenvalue weighted by atomic mass is 16.5. The van der Waals surface area contributed by atoms with Crippen LogP contribution in [0.3, 0.4) is 0 Å². The summed E-state index contributed by atoms with van der Waals surface area (Å²) in [4.78, 5) is 42.6. The van der Waals surface area contributed by atoms with Gasteiger partial charge in [-0.05, 0) is 86.6 Å². The molecule has 2 atom stereocenters. The maximum absolute atomic E-state index is 13.2. The number of carbonyl (C=O) groups is 2. The minimum atomic E-state index is -0.455. The molecule has 0 aromatic carbocycles. The fourth-order valence-corrected chi connectivity index (χ4v) is 6.49. The number of methoxy groups -OCH3 is 2. The van der Waals surface area contributed by atoms with Gasteiger partial charge < -0.3 is 24.5 Å². The summed E-state index contributed by atoms with van der Waals surface area (Å²) in [5.41, 5.74) is 12.3. The number of nitrogens with zero attached hydrogens (tertiary/aromatic N) is 2. The summed E-state index contributed by atoms with van der Waals surface area (Å²) in [6.45, 7) is 12.0. The first-order valence-corrected chi connectivity index (χ1v) is 14.7. The van der Waals surface area contributed by atoms with E-state index in [1.54, 1.807) is 0 Å². The number of aliphatic hydroxyl groups excluding tert-OH is 1. The van der Waals surface area contributed by atoms with Gasteiger partial charge in [-0.2, -0.15) is 0 Å². The van der Waals surface area contributed by atoms with Crippen LogP contribution in [0, 0.1) is 20.8 Å². The summed E-state index contributed by atoms with van der Waals surface area (Å²) in [5.74, 6) is -0.866. The van der Waals surface area contributed by atoms with Crippen molar-refractivity contribution in [3.05, 3.63) is 68.8 Å². The number of H-pyrrole nitrogens is 2. The second kappa shape index (κ2) is 11.8. The molecule has 3 N–H and O–H groups in total. The van der Waals surface area contributed by atoms with Crippen LogP contribution in [0.2, 0.25) is 0 Å². The van der Waals surface area contributed by atoms with Crippen LogP contribution in [-0.4, -0.2) is 51.2 Å². The number of hydrogen-bond acceptors (Lipinski definition) is 7. The molecule has 0 radical (unpaired) electrons. The van der Waals surface area contributed by atoms with Gasteiger partial charge in [0, 0.05) is 57.3 Å². The zero-order valence-corrected chi connectivity index (χ0v) is 26.2. The average Bonchev–Trinajstić information content (AvgIpc) is 3.68. The van der Waals surface area contributed by atoms with E-state index in [-0.39, 0.29) is 30.8 Å². The predicted octanol–water partition coefficient (Wildman–Crippen LogP) is 6.24. The molecule has 0 unspecified atom stereocenters. The average molecular weight is 585 g/mol. The number of fused-ring (bicyclic) bond motifs is 8. The van der Waals surface area contributed by atoms with E-state index >= 15 is 0 Å². The molecular weight excluding hydrogens is 544 g/mol. The zero-order chi connectivity index (χ0) is 31.2. The Labute approximate surface area is 251 Å². The van der Waals surface area contributed by atoms with Gasteiger partial charge >= 0.3 is 11.9 Å². The van der Waals surface area contributed by atoms with Gasteiger partial charge in [0.05, 0.1) is 37.8 Å². The fourth-order valence-electron chi connectivity index (χ4n) is 6.49. The van der Waals surface area contributed by atoms with E-state index in [1.165, 1.54) is 14.2 Å². The summed E-state index contributed by atoms with van der Waals surface area (Å²) >= 11 is 0.